The van der Waals surface area contributed by atoms with Crippen LogP contribution in [0.3, 0.4) is 0 Å². The number of amides is 3. The second-order valence-corrected chi connectivity index (χ2v) is 9.04. The minimum absolute atomic E-state index is 0.147. The first-order valence-electron chi connectivity index (χ1n) is 9.59. The molecule has 2 aromatic rings. The monoisotopic (exact) mass is 495 g/mol. The zero-order chi connectivity index (χ0) is 24.2. The zero-order valence-electron chi connectivity index (χ0n) is 17.2. The Kier molecular flexibility index (Phi) is 7.34. The number of urea groups is 1. The standard InChI is InChI=1S/C21H19ClFN3O6S/c1-2-10-26(16-6-4-15(23)5-7-16)33(30,31)18-12-14(3-8-17(18)22)20(28)32-13-19(27)25-11-9-24-21(25)29/h2-8,12H,1,9-11,13H2,(H,24,29). The van der Waals surface area contributed by atoms with Crippen molar-refractivity contribution in [2.24, 2.45) is 0 Å². The van der Waals surface area contributed by atoms with Gasteiger partial charge in [0, 0.05) is 13.1 Å². The van der Waals surface area contributed by atoms with Crippen LogP contribution < -0.4 is 9.62 Å². The molecule has 1 N–H and O–H groups in total. The Bertz CT molecular complexity index is 1200. The smallest absolute Gasteiger partial charge is 0.338 e. The highest BCUT2D eigenvalue weighted by molar-refractivity contribution is 7.93. The number of hydrogen-bond donors (Lipinski definition) is 1. The van der Waals surface area contributed by atoms with Crippen LogP contribution >= 0.6 is 11.6 Å². The van der Waals surface area contributed by atoms with Crippen molar-refractivity contribution in [3.8, 4) is 0 Å². The fourth-order valence-corrected chi connectivity index (χ4v) is 4.95. The summed E-state index contributed by atoms with van der Waals surface area (Å²) in [6, 6.07) is 7.66. The van der Waals surface area contributed by atoms with E-state index in [1.807, 2.05) is 0 Å². The van der Waals surface area contributed by atoms with Gasteiger partial charge in [0.2, 0.25) is 0 Å². The van der Waals surface area contributed by atoms with E-state index in [1.165, 1.54) is 30.3 Å². The number of halogens is 2. The molecule has 9 nitrogen and oxygen atoms in total. The van der Waals surface area contributed by atoms with E-state index in [4.69, 9.17) is 16.3 Å². The molecule has 2 aromatic carbocycles. The van der Waals surface area contributed by atoms with Crippen LogP contribution in [0.4, 0.5) is 14.9 Å². The Labute approximate surface area is 194 Å². The number of nitrogens with zero attached hydrogens (tertiary/aromatic N) is 2. The minimum atomic E-state index is -4.30. The van der Waals surface area contributed by atoms with E-state index in [0.717, 1.165) is 27.4 Å². The molecule has 0 aliphatic carbocycles. The minimum Gasteiger partial charge on any atom is -0.452 e. The fourth-order valence-electron chi connectivity index (χ4n) is 3.01. The Hall–Kier alpha value is -3.44. The number of imide groups is 1. The lowest BCUT2D eigenvalue weighted by Gasteiger charge is -2.24. The maximum absolute atomic E-state index is 13.3. The summed E-state index contributed by atoms with van der Waals surface area (Å²) in [6.45, 7) is 3.15. The third kappa shape index (κ3) is 5.32. The Morgan fingerprint density at radius 3 is 2.55 bits per heavy atom. The Balaban J connectivity index is 1.85. The maximum atomic E-state index is 13.3. The summed E-state index contributed by atoms with van der Waals surface area (Å²) in [4.78, 5) is 36.5. The number of rotatable bonds is 8. The molecule has 174 valence electrons. The van der Waals surface area contributed by atoms with Gasteiger partial charge < -0.3 is 10.1 Å². The quantitative estimate of drug-likeness (QED) is 0.445. The molecule has 0 radical (unpaired) electrons. The number of esters is 1. The van der Waals surface area contributed by atoms with Crippen molar-refractivity contribution < 1.29 is 31.9 Å². The highest BCUT2D eigenvalue weighted by Crippen LogP contribution is 2.30. The van der Waals surface area contributed by atoms with Crippen LogP contribution in [0.25, 0.3) is 0 Å². The highest BCUT2D eigenvalue weighted by atomic mass is 35.5. The number of sulfonamides is 1. The van der Waals surface area contributed by atoms with Gasteiger partial charge in [-0.15, -0.1) is 6.58 Å². The number of carbonyl (C=O) groups is 3. The van der Waals surface area contributed by atoms with Gasteiger partial charge in [-0.05, 0) is 42.5 Å². The molecule has 33 heavy (non-hydrogen) atoms. The van der Waals surface area contributed by atoms with Crippen LogP contribution in [0.15, 0.2) is 60.0 Å². The van der Waals surface area contributed by atoms with E-state index in [1.54, 1.807) is 0 Å². The molecule has 0 atom stereocenters. The summed E-state index contributed by atoms with van der Waals surface area (Å²) in [7, 11) is -4.30. The van der Waals surface area contributed by atoms with Gasteiger partial charge in [-0.1, -0.05) is 17.7 Å². The number of nitrogens with one attached hydrogen (secondary N) is 1. The number of ether oxygens (including phenoxy) is 1. The Morgan fingerprint density at radius 1 is 1.24 bits per heavy atom. The SMILES string of the molecule is C=CCN(c1ccc(F)cc1)S(=O)(=O)c1cc(C(=O)OCC(=O)N2CCNC2=O)ccc1Cl. The van der Waals surface area contributed by atoms with Crippen molar-refractivity contribution in [2.75, 3.05) is 30.5 Å². The molecule has 3 rings (SSSR count). The summed E-state index contributed by atoms with van der Waals surface area (Å²) in [5, 5.41) is 2.29. The number of carbonyl (C=O) groups excluding carboxylic acids is 3. The van der Waals surface area contributed by atoms with Crippen LogP contribution in [0.5, 0.6) is 0 Å². The van der Waals surface area contributed by atoms with Crippen molar-refractivity contribution in [1.29, 1.82) is 0 Å². The lowest BCUT2D eigenvalue weighted by Crippen LogP contribution is -2.37. The van der Waals surface area contributed by atoms with Crippen LogP contribution in [-0.4, -0.2) is 57.5 Å². The largest absolute Gasteiger partial charge is 0.452 e. The van der Waals surface area contributed by atoms with Crippen LogP contribution in [0.2, 0.25) is 5.02 Å². The third-order valence-corrected chi connectivity index (χ3v) is 6.90. The number of anilines is 1. The summed E-state index contributed by atoms with van der Waals surface area (Å²) in [5.74, 6) is -2.24. The molecule has 0 aromatic heterocycles. The van der Waals surface area contributed by atoms with E-state index in [9.17, 15) is 27.2 Å². The lowest BCUT2D eigenvalue weighted by molar-refractivity contribution is -0.130. The van der Waals surface area contributed by atoms with Crippen molar-refractivity contribution in [3.05, 3.63) is 71.5 Å². The topological polar surface area (TPSA) is 113 Å². The third-order valence-electron chi connectivity index (χ3n) is 4.63. The van der Waals surface area contributed by atoms with Crippen molar-refractivity contribution >= 4 is 45.2 Å². The van der Waals surface area contributed by atoms with E-state index in [2.05, 4.69) is 11.9 Å². The van der Waals surface area contributed by atoms with Gasteiger partial charge in [-0.3, -0.25) is 14.0 Å². The predicted molar refractivity (Wildman–Crippen MR) is 118 cm³/mol. The van der Waals surface area contributed by atoms with E-state index in [0.29, 0.717) is 6.54 Å². The molecule has 1 heterocycles. The number of benzene rings is 2. The van der Waals surface area contributed by atoms with Gasteiger partial charge in [-0.2, -0.15) is 0 Å². The predicted octanol–water partition coefficient (Wildman–Crippen LogP) is 2.57. The van der Waals surface area contributed by atoms with Gasteiger partial charge in [0.1, 0.15) is 10.7 Å². The van der Waals surface area contributed by atoms with Crippen molar-refractivity contribution in [2.45, 2.75) is 4.90 Å². The second-order valence-electron chi connectivity index (χ2n) is 6.80. The van der Waals surface area contributed by atoms with Gasteiger partial charge in [0.15, 0.2) is 6.61 Å². The van der Waals surface area contributed by atoms with Gasteiger partial charge >= 0.3 is 12.0 Å². The van der Waals surface area contributed by atoms with Crippen molar-refractivity contribution in [3.63, 3.8) is 0 Å². The van der Waals surface area contributed by atoms with Gasteiger partial charge in [0.05, 0.1) is 22.8 Å². The molecule has 0 saturated carbocycles. The normalized spacial score (nSPS) is 13.4. The van der Waals surface area contributed by atoms with Crippen LogP contribution in [-0.2, 0) is 19.6 Å². The maximum Gasteiger partial charge on any atom is 0.338 e. The fraction of sp³-hybridized carbons (Fsp3) is 0.190. The molecule has 3 amide bonds. The molecule has 12 heteroatoms. The lowest BCUT2D eigenvalue weighted by atomic mass is 10.2. The van der Waals surface area contributed by atoms with Crippen LogP contribution in [0, 0.1) is 5.82 Å². The first kappa shape index (κ1) is 24.2. The summed E-state index contributed by atoms with van der Waals surface area (Å²) in [6.07, 6.45) is 1.34. The van der Waals surface area contributed by atoms with E-state index >= 15 is 0 Å². The van der Waals surface area contributed by atoms with Gasteiger partial charge in [0.25, 0.3) is 15.9 Å². The average molecular weight is 496 g/mol. The molecule has 1 aliphatic heterocycles. The Morgan fingerprint density at radius 2 is 1.94 bits per heavy atom. The van der Waals surface area contributed by atoms with Crippen LogP contribution in [0.1, 0.15) is 10.4 Å². The van der Waals surface area contributed by atoms with Crippen molar-refractivity contribution in [1.82, 2.24) is 10.2 Å². The zero-order valence-corrected chi connectivity index (χ0v) is 18.7. The highest BCUT2D eigenvalue weighted by Gasteiger charge is 2.29. The molecule has 0 spiro atoms. The summed E-state index contributed by atoms with van der Waals surface area (Å²) >= 11 is 6.12. The molecule has 1 aliphatic rings. The first-order valence-corrected chi connectivity index (χ1v) is 11.4. The van der Waals surface area contributed by atoms with E-state index in [-0.39, 0.29) is 29.4 Å². The summed E-state index contributed by atoms with van der Waals surface area (Å²) < 4.78 is 45.8. The van der Waals surface area contributed by atoms with E-state index < -0.39 is 45.3 Å². The molecular weight excluding hydrogens is 477 g/mol. The number of hydrogen-bond acceptors (Lipinski definition) is 6. The molecule has 0 unspecified atom stereocenters. The molecule has 1 saturated heterocycles. The summed E-state index contributed by atoms with van der Waals surface area (Å²) in [5.41, 5.74) is -0.0101. The molecular formula is C21H19ClFN3O6S. The molecule has 1 fully saturated rings. The average Bonchev–Trinajstić information content (AvgIpc) is 3.22. The second kappa shape index (κ2) is 10.0. The first-order chi connectivity index (χ1) is 15.6. The van der Waals surface area contributed by atoms with Gasteiger partial charge in [-0.25, -0.2) is 22.4 Å². The molecule has 0 bridgehead atoms.